The lowest BCUT2D eigenvalue weighted by Gasteiger charge is -2.25. The first-order chi connectivity index (χ1) is 9.70. The molecular weight excluding hydrogens is 252 g/mol. The molecule has 2 unspecified atom stereocenters. The molecule has 1 saturated heterocycles. The molecule has 0 saturated carbocycles. The Morgan fingerprint density at radius 1 is 1.30 bits per heavy atom. The van der Waals surface area contributed by atoms with Gasteiger partial charge in [-0.2, -0.15) is 0 Å². The van der Waals surface area contributed by atoms with Crippen LogP contribution in [0.2, 0.25) is 0 Å². The van der Waals surface area contributed by atoms with Gasteiger partial charge in [0.15, 0.2) is 0 Å². The molecule has 2 rings (SSSR count). The summed E-state index contributed by atoms with van der Waals surface area (Å²) in [5.41, 5.74) is 1.17. The molecule has 1 aromatic rings. The van der Waals surface area contributed by atoms with E-state index >= 15 is 0 Å². The topological polar surface area (TPSA) is 52.6 Å². The molecule has 4 nitrogen and oxygen atoms in total. The number of rotatable bonds is 6. The molecule has 0 bridgehead atoms. The SMILES string of the molecule is CC(NC(CO)Cc1ccccc1)C(=O)N1CCCC1. The molecule has 1 heterocycles. The number of aliphatic hydroxyl groups excluding tert-OH is 1. The van der Waals surface area contributed by atoms with Gasteiger partial charge in [-0.05, 0) is 31.7 Å². The van der Waals surface area contributed by atoms with E-state index in [2.05, 4.69) is 5.32 Å². The normalized spacial score (nSPS) is 18.0. The van der Waals surface area contributed by atoms with Gasteiger partial charge in [0.2, 0.25) is 5.91 Å². The van der Waals surface area contributed by atoms with E-state index in [1.165, 1.54) is 5.56 Å². The number of benzene rings is 1. The minimum absolute atomic E-state index is 0.0342. The van der Waals surface area contributed by atoms with Crippen molar-refractivity contribution >= 4 is 5.91 Å². The molecular formula is C16H24N2O2. The highest BCUT2D eigenvalue weighted by Crippen LogP contribution is 2.10. The minimum atomic E-state index is -0.242. The second kappa shape index (κ2) is 7.41. The third-order valence-corrected chi connectivity index (χ3v) is 3.82. The van der Waals surface area contributed by atoms with Gasteiger partial charge in [-0.15, -0.1) is 0 Å². The zero-order chi connectivity index (χ0) is 14.4. The first kappa shape index (κ1) is 15.0. The number of nitrogens with zero attached hydrogens (tertiary/aromatic N) is 1. The van der Waals surface area contributed by atoms with E-state index in [0.29, 0.717) is 0 Å². The van der Waals surface area contributed by atoms with Crippen molar-refractivity contribution < 1.29 is 9.90 Å². The monoisotopic (exact) mass is 276 g/mol. The number of hydrogen-bond acceptors (Lipinski definition) is 3. The van der Waals surface area contributed by atoms with Gasteiger partial charge in [0.1, 0.15) is 0 Å². The van der Waals surface area contributed by atoms with E-state index in [-0.39, 0.29) is 24.6 Å². The Hall–Kier alpha value is -1.39. The lowest BCUT2D eigenvalue weighted by atomic mass is 10.1. The first-order valence-corrected chi connectivity index (χ1v) is 7.40. The number of carbonyl (C=O) groups excluding carboxylic acids is 1. The van der Waals surface area contributed by atoms with Crippen LogP contribution in [0.1, 0.15) is 25.3 Å². The van der Waals surface area contributed by atoms with Crippen molar-refractivity contribution in [2.45, 2.75) is 38.3 Å². The van der Waals surface area contributed by atoms with Crippen LogP contribution < -0.4 is 5.32 Å². The standard InChI is InChI=1S/C16H24N2O2/c1-13(16(20)18-9-5-6-10-18)17-15(12-19)11-14-7-3-2-4-8-14/h2-4,7-8,13,15,17,19H,5-6,9-12H2,1H3. The van der Waals surface area contributed by atoms with Crippen LogP contribution in [0.3, 0.4) is 0 Å². The zero-order valence-corrected chi connectivity index (χ0v) is 12.1. The van der Waals surface area contributed by atoms with Gasteiger partial charge in [0.25, 0.3) is 0 Å². The van der Waals surface area contributed by atoms with Gasteiger partial charge in [0, 0.05) is 19.1 Å². The van der Waals surface area contributed by atoms with Crippen LogP contribution in [0.15, 0.2) is 30.3 Å². The average molecular weight is 276 g/mol. The first-order valence-electron chi connectivity index (χ1n) is 7.40. The van der Waals surface area contributed by atoms with Crippen LogP contribution in [0, 0.1) is 0 Å². The predicted molar refractivity (Wildman–Crippen MR) is 79.4 cm³/mol. The Bertz CT molecular complexity index is 416. The number of amides is 1. The van der Waals surface area contributed by atoms with Crippen LogP contribution in [-0.4, -0.2) is 47.7 Å². The van der Waals surface area contributed by atoms with Crippen molar-refractivity contribution in [1.29, 1.82) is 0 Å². The van der Waals surface area contributed by atoms with Gasteiger partial charge in [-0.25, -0.2) is 0 Å². The summed E-state index contributed by atoms with van der Waals surface area (Å²) in [5, 5.41) is 12.7. The van der Waals surface area contributed by atoms with E-state index in [1.807, 2.05) is 42.2 Å². The van der Waals surface area contributed by atoms with Gasteiger partial charge < -0.3 is 15.3 Å². The molecule has 0 aromatic heterocycles. The van der Waals surface area contributed by atoms with Gasteiger partial charge in [-0.1, -0.05) is 30.3 Å². The fourth-order valence-corrected chi connectivity index (χ4v) is 2.71. The molecule has 110 valence electrons. The van der Waals surface area contributed by atoms with E-state index < -0.39 is 0 Å². The number of carbonyl (C=O) groups is 1. The fraction of sp³-hybridized carbons (Fsp3) is 0.562. The Morgan fingerprint density at radius 3 is 2.55 bits per heavy atom. The molecule has 2 N–H and O–H groups in total. The zero-order valence-electron chi connectivity index (χ0n) is 12.1. The van der Waals surface area contributed by atoms with E-state index in [0.717, 1.165) is 32.4 Å². The van der Waals surface area contributed by atoms with Crippen molar-refractivity contribution in [2.24, 2.45) is 0 Å². The summed E-state index contributed by atoms with van der Waals surface area (Å²) in [6.07, 6.45) is 2.94. The van der Waals surface area contributed by atoms with E-state index in [4.69, 9.17) is 0 Å². The third-order valence-electron chi connectivity index (χ3n) is 3.82. The molecule has 0 radical (unpaired) electrons. The summed E-state index contributed by atoms with van der Waals surface area (Å²) in [6, 6.07) is 9.71. The number of likely N-dealkylation sites (tertiary alicyclic amines) is 1. The third kappa shape index (κ3) is 4.05. The molecule has 1 amide bonds. The second-order valence-corrected chi connectivity index (χ2v) is 5.49. The summed E-state index contributed by atoms with van der Waals surface area (Å²) >= 11 is 0. The molecule has 4 heteroatoms. The second-order valence-electron chi connectivity index (χ2n) is 5.49. The Kier molecular flexibility index (Phi) is 5.56. The summed E-state index contributed by atoms with van der Waals surface area (Å²) in [7, 11) is 0. The van der Waals surface area contributed by atoms with E-state index in [9.17, 15) is 9.90 Å². The van der Waals surface area contributed by atoms with Crippen molar-refractivity contribution in [3.05, 3.63) is 35.9 Å². The average Bonchev–Trinajstić information content (AvgIpc) is 3.01. The highest BCUT2D eigenvalue weighted by atomic mass is 16.3. The predicted octanol–water partition coefficient (Wildman–Crippen LogP) is 1.19. The molecule has 1 fully saturated rings. The lowest BCUT2D eigenvalue weighted by Crippen LogP contribution is -2.49. The molecule has 1 aliphatic rings. The summed E-state index contributed by atoms with van der Waals surface area (Å²) in [6.45, 7) is 3.65. The van der Waals surface area contributed by atoms with Crippen LogP contribution in [0.25, 0.3) is 0 Å². The minimum Gasteiger partial charge on any atom is -0.395 e. The maximum atomic E-state index is 12.2. The molecule has 1 aliphatic heterocycles. The smallest absolute Gasteiger partial charge is 0.239 e. The molecule has 20 heavy (non-hydrogen) atoms. The molecule has 2 atom stereocenters. The highest BCUT2D eigenvalue weighted by molar-refractivity contribution is 5.81. The van der Waals surface area contributed by atoms with Crippen LogP contribution in [0.5, 0.6) is 0 Å². The molecule has 0 aliphatic carbocycles. The summed E-state index contributed by atoms with van der Waals surface area (Å²) in [4.78, 5) is 14.1. The maximum absolute atomic E-state index is 12.2. The van der Waals surface area contributed by atoms with Gasteiger partial charge >= 0.3 is 0 Å². The number of hydrogen-bond donors (Lipinski definition) is 2. The van der Waals surface area contributed by atoms with Gasteiger partial charge in [0.05, 0.1) is 12.6 Å². The summed E-state index contributed by atoms with van der Waals surface area (Å²) in [5.74, 6) is 0.147. The lowest BCUT2D eigenvalue weighted by molar-refractivity contribution is -0.132. The van der Waals surface area contributed by atoms with Crippen LogP contribution >= 0.6 is 0 Å². The van der Waals surface area contributed by atoms with Gasteiger partial charge in [-0.3, -0.25) is 4.79 Å². The molecule has 0 spiro atoms. The van der Waals surface area contributed by atoms with Crippen molar-refractivity contribution in [2.75, 3.05) is 19.7 Å². The van der Waals surface area contributed by atoms with Crippen LogP contribution in [0.4, 0.5) is 0 Å². The highest BCUT2D eigenvalue weighted by Gasteiger charge is 2.24. The van der Waals surface area contributed by atoms with E-state index in [1.54, 1.807) is 0 Å². The number of aliphatic hydroxyl groups is 1. The van der Waals surface area contributed by atoms with Crippen LogP contribution in [-0.2, 0) is 11.2 Å². The van der Waals surface area contributed by atoms with Crippen molar-refractivity contribution in [1.82, 2.24) is 10.2 Å². The Balaban J connectivity index is 1.87. The fourth-order valence-electron chi connectivity index (χ4n) is 2.71. The number of nitrogens with one attached hydrogen (secondary N) is 1. The largest absolute Gasteiger partial charge is 0.395 e. The summed E-state index contributed by atoms with van der Waals surface area (Å²) < 4.78 is 0. The van der Waals surface area contributed by atoms with Crippen molar-refractivity contribution in [3.8, 4) is 0 Å². The quantitative estimate of drug-likeness (QED) is 0.820. The molecule has 1 aromatic carbocycles. The van der Waals surface area contributed by atoms with Crippen molar-refractivity contribution in [3.63, 3.8) is 0 Å². The maximum Gasteiger partial charge on any atom is 0.239 e. The Morgan fingerprint density at radius 2 is 1.95 bits per heavy atom. The Labute approximate surface area is 120 Å².